The SMILES string of the molecule is Ic1cc(Oc2ccccc2)c2c(Oc3ccccc3)cc(I)cc2c1. The minimum absolute atomic E-state index is 0.792. The lowest BCUT2D eigenvalue weighted by Gasteiger charge is -2.15. The second kappa shape index (κ2) is 7.84. The predicted molar refractivity (Wildman–Crippen MR) is 122 cm³/mol. The van der Waals surface area contributed by atoms with Crippen molar-refractivity contribution < 1.29 is 9.47 Å². The summed E-state index contributed by atoms with van der Waals surface area (Å²) in [4.78, 5) is 0. The highest BCUT2D eigenvalue weighted by atomic mass is 127. The van der Waals surface area contributed by atoms with Crippen LogP contribution in [0.15, 0.2) is 84.9 Å². The molecule has 4 heteroatoms. The molecule has 4 aromatic carbocycles. The van der Waals surface area contributed by atoms with E-state index < -0.39 is 0 Å². The first-order valence-electron chi connectivity index (χ1n) is 8.08. The minimum Gasteiger partial charge on any atom is -0.457 e. The van der Waals surface area contributed by atoms with Crippen LogP contribution in [-0.4, -0.2) is 0 Å². The molecule has 0 aliphatic rings. The second-order valence-electron chi connectivity index (χ2n) is 5.74. The first-order chi connectivity index (χ1) is 12.7. The Bertz CT molecular complexity index is 966. The smallest absolute Gasteiger partial charge is 0.140 e. The van der Waals surface area contributed by atoms with Crippen molar-refractivity contribution in [3.63, 3.8) is 0 Å². The molecule has 0 saturated carbocycles. The number of hydrogen-bond acceptors (Lipinski definition) is 2. The Labute approximate surface area is 179 Å². The fourth-order valence-electron chi connectivity index (χ4n) is 2.76. The Hall–Kier alpha value is -1.80. The summed E-state index contributed by atoms with van der Waals surface area (Å²) >= 11 is 4.64. The van der Waals surface area contributed by atoms with E-state index in [0.29, 0.717) is 0 Å². The number of hydrogen-bond donors (Lipinski definition) is 0. The largest absolute Gasteiger partial charge is 0.457 e. The Morgan fingerprint density at radius 2 is 0.962 bits per heavy atom. The number of halogens is 2. The Balaban J connectivity index is 1.87. The third kappa shape index (κ3) is 3.96. The topological polar surface area (TPSA) is 18.5 Å². The summed E-state index contributed by atoms with van der Waals surface area (Å²) in [5.41, 5.74) is 0. The summed E-state index contributed by atoms with van der Waals surface area (Å²) in [6, 6.07) is 28.0. The molecule has 0 atom stereocenters. The summed E-state index contributed by atoms with van der Waals surface area (Å²) in [5, 5.41) is 2.07. The molecule has 0 bridgehead atoms. The first kappa shape index (κ1) is 17.6. The average Bonchev–Trinajstić information content (AvgIpc) is 2.62. The monoisotopic (exact) mass is 564 g/mol. The van der Waals surface area contributed by atoms with Gasteiger partial charge in [0.25, 0.3) is 0 Å². The third-order valence-corrected chi connectivity index (χ3v) is 5.09. The molecule has 4 aromatic rings. The lowest BCUT2D eigenvalue weighted by molar-refractivity contribution is 0.472. The molecule has 26 heavy (non-hydrogen) atoms. The summed E-state index contributed by atoms with van der Waals surface area (Å²) < 4.78 is 14.6. The molecule has 0 aliphatic carbocycles. The zero-order chi connectivity index (χ0) is 17.9. The highest BCUT2D eigenvalue weighted by Gasteiger charge is 2.14. The van der Waals surface area contributed by atoms with Gasteiger partial charge in [-0.25, -0.2) is 0 Å². The van der Waals surface area contributed by atoms with Gasteiger partial charge in [-0.05, 0) is 99.1 Å². The summed E-state index contributed by atoms with van der Waals surface area (Å²) in [6.07, 6.45) is 0. The molecular weight excluding hydrogens is 550 g/mol. The van der Waals surface area contributed by atoms with E-state index in [1.807, 2.05) is 72.8 Å². The Morgan fingerprint density at radius 3 is 1.38 bits per heavy atom. The second-order valence-corrected chi connectivity index (χ2v) is 8.23. The van der Waals surface area contributed by atoms with Crippen LogP contribution in [0.2, 0.25) is 0 Å². The van der Waals surface area contributed by atoms with Gasteiger partial charge in [-0.2, -0.15) is 0 Å². The van der Waals surface area contributed by atoms with Crippen molar-refractivity contribution in [2.75, 3.05) is 0 Å². The van der Waals surface area contributed by atoms with E-state index in [1.165, 1.54) is 0 Å². The summed E-state index contributed by atoms with van der Waals surface area (Å²) in [5.74, 6) is 3.20. The van der Waals surface area contributed by atoms with E-state index in [1.54, 1.807) is 0 Å². The van der Waals surface area contributed by atoms with Gasteiger partial charge in [-0.1, -0.05) is 36.4 Å². The van der Waals surface area contributed by atoms with Crippen LogP contribution < -0.4 is 9.47 Å². The van der Waals surface area contributed by atoms with Crippen molar-refractivity contribution in [2.24, 2.45) is 0 Å². The van der Waals surface area contributed by atoms with Crippen LogP contribution in [0.1, 0.15) is 0 Å². The van der Waals surface area contributed by atoms with Crippen molar-refractivity contribution in [3.05, 3.63) is 92.1 Å². The Kier molecular flexibility index (Phi) is 5.31. The van der Waals surface area contributed by atoms with Crippen molar-refractivity contribution in [2.45, 2.75) is 0 Å². The molecule has 0 saturated heterocycles. The number of para-hydroxylation sites is 2. The number of rotatable bonds is 4. The van der Waals surface area contributed by atoms with Gasteiger partial charge in [0.1, 0.15) is 23.0 Å². The predicted octanol–water partition coefficient (Wildman–Crippen LogP) is 7.63. The summed E-state index contributed by atoms with van der Waals surface area (Å²) in [7, 11) is 0. The van der Waals surface area contributed by atoms with Crippen LogP contribution >= 0.6 is 45.2 Å². The van der Waals surface area contributed by atoms with Crippen LogP contribution in [-0.2, 0) is 0 Å². The van der Waals surface area contributed by atoms with Gasteiger partial charge in [0.05, 0.1) is 5.39 Å². The maximum absolute atomic E-state index is 6.20. The molecule has 0 N–H and O–H groups in total. The van der Waals surface area contributed by atoms with Crippen LogP contribution in [0.25, 0.3) is 10.8 Å². The zero-order valence-electron chi connectivity index (χ0n) is 13.7. The number of ether oxygens (including phenoxy) is 2. The van der Waals surface area contributed by atoms with Crippen molar-refractivity contribution >= 4 is 56.0 Å². The third-order valence-electron chi connectivity index (χ3n) is 3.85. The Morgan fingerprint density at radius 1 is 0.538 bits per heavy atom. The molecule has 2 nitrogen and oxygen atoms in total. The van der Waals surface area contributed by atoms with Crippen LogP contribution in [0, 0.1) is 7.14 Å². The molecule has 0 radical (unpaired) electrons. The first-order valence-corrected chi connectivity index (χ1v) is 10.2. The molecule has 0 fully saturated rings. The van der Waals surface area contributed by atoms with Crippen LogP contribution in [0.3, 0.4) is 0 Å². The van der Waals surface area contributed by atoms with Gasteiger partial charge < -0.3 is 9.47 Å². The van der Waals surface area contributed by atoms with Gasteiger partial charge in [-0.15, -0.1) is 0 Å². The molecule has 0 aliphatic heterocycles. The van der Waals surface area contributed by atoms with E-state index in [0.717, 1.165) is 40.9 Å². The normalized spacial score (nSPS) is 10.7. The van der Waals surface area contributed by atoms with Crippen LogP contribution in [0.4, 0.5) is 0 Å². The van der Waals surface area contributed by atoms with Crippen molar-refractivity contribution in [3.8, 4) is 23.0 Å². The van der Waals surface area contributed by atoms with Gasteiger partial charge in [0, 0.05) is 7.14 Å². The van der Waals surface area contributed by atoms with Crippen molar-refractivity contribution in [1.82, 2.24) is 0 Å². The van der Waals surface area contributed by atoms with E-state index >= 15 is 0 Å². The molecule has 0 unspecified atom stereocenters. The highest BCUT2D eigenvalue weighted by Crippen LogP contribution is 2.40. The van der Waals surface area contributed by atoms with Gasteiger partial charge in [-0.3, -0.25) is 0 Å². The quantitative estimate of drug-likeness (QED) is 0.238. The van der Waals surface area contributed by atoms with E-state index in [-0.39, 0.29) is 0 Å². The summed E-state index contributed by atoms with van der Waals surface area (Å²) in [6.45, 7) is 0. The molecule has 128 valence electrons. The molecule has 0 aromatic heterocycles. The minimum atomic E-state index is 0.792. The maximum Gasteiger partial charge on any atom is 0.140 e. The highest BCUT2D eigenvalue weighted by molar-refractivity contribution is 14.1. The molecule has 0 heterocycles. The average molecular weight is 564 g/mol. The standard InChI is InChI=1S/C22H14I2O2/c23-16-11-15-12-17(24)14-21(26-19-9-5-2-6-10-19)22(15)20(13-16)25-18-7-3-1-4-8-18/h1-14H. The fourth-order valence-corrected chi connectivity index (χ4v) is 4.00. The molecular formula is C22H14I2O2. The number of benzene rings is 4. The lowest BCUT2D eigenvalue weighted by atomic mass is 10.1. The number of fused-ring (bicyclic) bond motifs is 1. The molecule has 0 amide bonds. The van der Waals surface area contributed by atoms with E-state index in [4.69, 9.17) is 9.47 Å². The van der Waals surface area contributed by atoms with Gasteiger partial charge in [0.15, 0.2) is 0 Å². The van der Waals surface area contributed by atoms with Gasteiger partial charge in [0.2, 0.25) is 0 Å². The fraction of sp³-hybridized carbons (Fsp3) is 0. The lowest BCUT2D eigenvalue weighted by Crippen LogP contribution is -1.92. The van der Waals surface area contributed by atoms with Crippen LogP contribution in [0.5, 0.6) is 23.0 Å². The van der Waals surface area contributed by atoms with Gasteiger partial charge >= 0.3 is 0 Å². The van der Waals surface area contributed by atoms with E-state index in [2.05, 4.69) is 57.3 Å². The maximum atomic E-state index is 6.20. The molecule has 0 spiro atoms. The zero-order valence-corrected chi connectivity index (χ0v) is 18.0. The molecule has 4 rings (SSSR count). The van der Waals surface area contributed by atoms with E-state index in [9.17, 15) is 0 Å². The van der Waals surface area contributed by atoms with Crippen molar-refractivity contribution in [1.29, 1.82) is 0 Å².